The minimum atomic E-state index is -0.420. The highest BCUT2D eigenvalue weighted by Gasteiger charge is 2.49. The van der Waals surface area contributed by atoms with Crippen LogP contribution in [0.1, 0.15) is 27.2 Å². The van der Waals surface area contributed by atoms with Gasteiger partial charge in [-0.2, -0.15) is 0 Å². The molecule has 0 spiro atoms. The van der Waals surface area contributed by atoms with Gasteiger partial charge in [-0.25, -0.2) is 0 Å². The van der Waals surface area contributed by atoms with E-state index in [4.69, 9.17) is 16.3 Å². The number of nitrogens with one attached hydrogen (secondary N) is 1. The Kier molecular flexibility index (Phi) is 4.23. The van der Waals surface area contributed by atoms with Crippen molar-refractivity contribution in [1.82, 2.24) is 4.98 Å². The van der Waals surface area contributed by atoms with Crippen LogP contribution in [0.2, 0.25) is 5.02 Å². The summed E-state index contributed by atoms with van der Waals surface area (Å²) in [6, 6.07) is 13.1. The SMILES string of the molecule is O=C1Oc2ccc(Br)cc2[C@H]2c3sc(=O)[nH]c3S[C@@H](c3ccc(Cl)cc3)[C@@H]12. The van der Waals surface area contributed by atoms with Crippen LogP contribution in [0.25, 0.3) is 0 Å². The molecule has 4 nitrogen and oxygen atoms in total. The number of thioether (sulfide) groups is 1. The van der Waals surface area contributed by atoms with Gasteiger partial charge in [0.25, 0.3) is 0 Å². The van der Waals surface area contributed by atoms with Crippen molar-refractivity contribution in [2.45, 2.75) is 16.2 Å². The van der Waals surface area contributed by atoms with Gasteiger partial charge in [0.05, 0.1) is 16.2 Å². The van der Waals surface area contributed by atoms with E-state index in [0.717, 1.165) is 25.5 Å². The van der Waals surface area contributed by atoms with E-state index in [2.05, 4.69) is 20.9 Å². The number of hydrogen-bond donors (Lipinski definition) is 1. The topological polar surface area (TPSA) is 59.2 Å². The van der Waals surface area contributed by atoms with Gasteiger partial charge in [-0.1, -0.05) is 62.8 Å². The number of rotatable bonds is 1. The molecule has 136 valence electrons. The fraction of sp³-hybridized carbons (Fsp3) is 0.158. The molecule has 0 amide bonds. The number of fused-ring (bicyclic) bond motifs is 5. The fourth-order valence-electron chi connectivity index (χ4n) is 3.71. The number of aromatic amines is 1. The average molecular weight is 481 g/mol. The minimum absolute atomic E-state index is 0.113. The van der Waals surface area contributed by atoms with Gasteiger partial charge in [-0.3, -0.25) is 9.59 Å². The quantitative estimate of drug-likeness (QED) is 0.376. The van der Waals surface area contributed by atoms with Crippen molar-refractivity contribution in [3.63, 3.8) is 0 Å². The second-order valence-corrected chi connectivity index (χ2v) is 9.92. The van der Waals surface area contributed by atoms with Gasteiger partial charge in [0.1, 0.15) is 5.75 Å². The Morgan fingerprint density at radius 1 is 1.11 bits per heavy atom. The summed E-state index contributed by atoms with van der Waals surface area (Å²) in [5, 5.41) is 1.29. The molecule has 0 saturated carbocycles. The Bertz CT molecular complexity index is 1120. The van der Waals surface area contributed by atoms with E-state index in [1.807, 2.05) is 36.4 Å². The van der Waals surface area contributed by atoms with Crippen LogP contribution in [0.3, 0.4) is 0 Å². The number of hydrogen-bond acceptors (Lipinski definition) is 5. The second-order valence-electron chi connectivity index (χ2n) is 6.40. The lowest BCUT2D eigenvalue weighted by Gasteiger charge is -2.39. The maximum absolute atomic E-state index is 13.0. The lowest BCUT2D eigenvalue weighted by molar-refractivity contribution is -0.140. The first-order valence-electron chi connectivity index (χ1n) is 8.17. The van der Waals surface area contributed by atoms with Crippen LogP contribution in [0, 0.1) is 5.92 Å². The lowest BCUT2D eigenvalue weighted by Crippen LogP contribution is -2.37. The van der Waals surface area contributed by atoms with E-state index in [0.29, 0.717) is 10.8 Å². The number of carbonyl (C=O) groups is 1. The van der Waals surface area contributed by atoms with Gasteiger partial charge in [-0.15, -0.1) is 0 Å². The number of halogens is 2. The molecule has 1 aromatic heterocycles. The molecule has 27 heavy (non-hydrogen) atoms. The molecule has 0 fully saturated rings. The number of benzene rings is 2. The Morgan fingerprint density at radius 2 is 1.89 bits per heavy atom. The summed E-state index contributed by atoms with van der Waals surface area (Å²) in [7, 11) is 0. The molecule has 3 heterocycles. The van der Waals surface area contributed by atoms with E-state index < -0.39 is 5.92 Å². The average Bonchev–Trinajstić information content (AvgIpc) is 3.02. The second kappa shape index (κ2) is 6.51. The molecule has 2 aliphatic rings. The van der Waals surface area contributed by atoms with Gasteiger partial charge < -0.3 is 9.72 Å². The standard InChI is InChI=1S/C19H11BrClNO3S2/c20-9-3-6-12-11(7-9)13-14(18(23)25-12)15(8-1-4-10(21)5-2-8)26-17-16(13)27-19(24)22-17/h1-7,13-15H,(H,22,24)/t13-,14+,15+/m1/s1. The first kappa shape index (κ1) is 17.6. The van der Waals surface area contributed by atoms with Crippen LogP contribution in [-0.4, -0.2) is 11.0 Å². The smallest absolute Gasteiger partial charge is 0.316 e. The van der Waals surface area contributed by atoms with Crippen LogP contribution < -0.4 is 9.61 Å². The zero-order valence-electron chi connectivity index (χ0n) is 13.6. The maximum atomic E-state index is 13.0. The molecule has 5 rings (SSSR count). The molecule has 2 aromatic carbocycles. The molecule has 3 atom stereocenters. The Labute approximate surface area is 176 Å². The zero-order valence-corrected chi connectivity index (χ0v) is 17.5. The lowest BCUT2D eigenvalue weighted by atomic mass is 9.78. The molecule has 3 aromatic rings. The van der Waals surface area contributed by atoms with Crippen LogP contribution in [0.15, 0.2) is 56.8 Å². The number of ether oxygens (including phenoxy) is 1. The number of esters is 1. The minimum Gasteiger partial charge on any atom is -0.426 e. The van der Waals surface area contributed by atoms with Gasteiger partial charge in [0, 0.05) is 25.9 Å². The third-order valence-corrected chi connectivity index (χ3v) is 8.06. The van der Waals surface area contributed by atoms with E-state index in [9.17, 15) is 9.59 Å². The molecule has 0 radical (unpaired) electrons. The number of H-pyrrole nitrogens is 1. The zero-order chi connectivity index (χ0) is 18.7. The van der Waals surface area contributed by atoms with Crippen molar-refractivity contribution in [3.05, 3.63) is 77.6 Å². The highest BCUT2D eigenvalue weighted by molar-refractivity contribution is 9.10. The summed E-state index contributed by atoms with van der Waals surface area (Å²) in [6.45, 7) is 0. The summed E-state index contributed by atoms with van der Waals surface area (Å²) in [5.41, 5.74) is 1.90. The van der Waals surface area contributed by atoms with Crippen molar-refractivity contribution in [2.75, 3.05) is 0 Å². The maximum Gasteiger partial charge on any atom is 0.316 e. The van der Waals surface area contributed by atoms with Crippen LogP contribution in [0.4, 0.5) is 0 Å². The van der Waals surface area contributed by atoms with Gasteiger partial charge in [-0.05, 0) is 35.9 Å². The van der Waals surface area contributed by atoms with E-state index >= 15 is 0 Å². The van der Waals surface area contributed by atoms with Crippen molar-refractivity contribution < 1.29 is 9.53 Å². The summed E-state index contributed by atoms with van der Waals surface area (Å²) < 4.78 is 6.58. The van der Waals surface area contributed by atoms with Crippen molar-refractivity contribution in [3.8, 4) is 5.75 Å². The van der Waals surface area contributed by atoms with Gasteiger partial charge in [0.2, 0.25) is 0 Å². The summed E-state index contributed by atoms with van der Waals surface area (Å²) >= 11 is 12.2. The normalized spacial score (nSPS) is 23.2. The molecular formula is C19H11BrClNO3S2. The van der Waals surface area contributed by atoms with Gasteiger partial charge >= 0.3 is 10.8 Å². The molecular weight excluding hydrogens is 470 g/mol. The fourth-order valence-corrected chi connectivity index (χ4v) is 6.80. The van der Waals surface area contributed by atoms with E-state index in [1.165, 1.54) is 23.1 Å². The summed E-state index contributed by atoms with van der Waals surface area (Å²) in [6.07, 6.45) is 0. The third-order valence-electron chi connectivity index (χ3n) is 4.84. The van der Waals surface area contributed by atoms with E-state index in [-0.39, 0.29) is 22.0 Å². The first-order valence-corrected chi connectivity index (χ1v) is 11.0. The van der Waals surface area contributed by atoms with E-state index in [1.54, 1.807) is 6.07 Å². The third kappa shape index (κ3) is 2.88. The monoisotopic (exact) mass is 479 g/mol. The Hall–Kier alpha value is -1.54. The van der Waals surface area contributed by atoms with Crippen molar-refractivity contribution >= 4 is 56.6 Å². The molecule has 8 heteroatoms. The molecule has 0 unspecified atom stereocenters. The molecule has 0 bridgehead atoms. The molecule has 0 saturated heterocycles. The Morgan fingerprint density at radius 3 is 2.67 bits per heavy atom. The number of thiazole rings is 1. The largest absolute Gasteiger partial charge is 0.426 e. The van der Waals surface area contributed by atoms with Crippen molar-refractivity contribution in [1.29, 1.82) is 0 Å². The van der Waals surface area contributed by atoms with Crippen molar-refractivity contribution in [2.24, 2.45) is 5.92 Å². The highest BCUT2D eigenvalue weighted by Crippen LogP contribution is 2.58. The van der Waals surface area contributed by atoms with Crippen LogP contribution >= 0.6 is 50.6 Å². The Balaban J connectivity index is 1.74. The molecule has 2 aliphatic heterocycles. The first-order chi connectivity index (χ1) is 13.0. The van der Waals surface area contributed by atoms with Crippen LogP contribution in [0.5, 0.6) is 5.75 Å². The number of aromatic nitrogens is 1. The molecule has 1 N–H and O–H groups in total. The predicted octanol–water partition coefficient (Wildman–Crippen LogP) is 5.37. The summed E-state index contributed by atoms with van der Waals surface area (Å²) in [4.78, 5) is 28.8. The molecule has 0 aliphatic carbocycles. The number of carbonyl (C=O) groups excluding carboxylic acids is 1. The summed E-state index contributed by atoms with van der Waals surface area (Å²) in [5.74, 6) is -0.358. The highest BCUT2D eigenvalue weighted by atomic mass is 79.9. The van der Waals surface area contributed by atoms with Crippen LogP contribution in [-0.2, 0) is 4.79 Å². The predicted molar refractivity (Wildman–Crippen MR) is 110 cm³/mol. The van der Waals surface area contributed by atoms with Gasteiger partial charge in [0.15, 0.2) is 0 Å².